The Labute approximate surface area is 154 Å². The van der Waals surface area contributed by atoms with Crippen LogP contribution in [0, 0.1) is 0 Å². The molecule has 0 saturated carbocycles. The van der Waals surface area contributed by atoms with Crippen molar-refractivity contribution in [3.8, 4) is 0 Å². The van der Waals surface area contributed by atoms with Gasteiger partial charge in [0.1, 0.15) is 4.90 Å². The molecule has 1 amide bonds. The third-order valence-electron chi connectivity index (χ3n) is 3.51. The van der Waals surface area contributed by atoms with E-state index in [2.05, 4.69) is 0 Å². The molecule has 1 aromatic carbocycles. The number of rotatable bonds is 5. The lowest BCUT2D eigenvalue weighted by Gasteiger charge is -2.26. The number of hydrogen-bond donors (Lipinski definition) is 1. The van der Waals surface area contributed by atoms with Crippen LogP contribution in [-0.2, 0) is 24.3 Å². The number of sulfonamides is 1. The summed E-state index contributed by atoms with van der Waals surface area (Å²) in [4.78, 5) is 22.9. The van der Waals surface area contributed by atoms with Crippen molar-refractivity contribution in [3.63, 3.8) is 0 Å². The Hall–Kier alpha value is -1.39. The van der Waals surface area contributed by atoms with Gasteiger partial charge in [-0.05, 0) is 19.1 Å². The molecular weight excluding hydrogens is 395 g/mol. The first-order valence-electron chi connectivity index (χ1n) is 7.22. The van der Waals surface area contributed by atoms with E-state index in [-0.39, 0.29) is 46.8 Å². The number of halogens is 2. The molecule has 0 bridgehead atoms. The molecule has 1 saturated heterocycles. The van der Waals surface area contributed by atoms with Crippen LogP contribution in [0.25, 0.3) is 0 Å². The minimum Gasteiger partial charge on any atom is -0.449 e. The lowest BCUT2D eigenvalue weighted by Crippen LogP contribution is -2.40. The van der Waals surface area contributed by atoms with Gasteiger partial charge in [0.15, 0.2) is 6.10 Å². The second kappa shape index (κ2) is 7.88. The average Bonchev–Trinajstić information content (AvgIpc) is 2.55. The molecule has 11 heteroatoms. The van der Waals surface area contributed by atoms with E-state index < -0.39 is 28.0 Å². The molecule has 1 fully saturated rings. The number of esters is 1. The van der Waals surface area contributed by atoms with Gasteiger partial charge in [-0.15, -0.1) is 0 Å². The highest BCUT2D eigenvalue weighted by atomic mass is 35.5. The van der Waals surface area contributed by atoms with Crippen LogP contribution in [0.15, 0.2) is 17.0 Å². The molecule has 0 radical (unpaired) electrons. The van der Waals surface area contributed by atoms with Gasteiger partial charge in [0.25, 0.3) is 5.91 Å². The minimum absolute atomic E-state index is 0.104. The molecule has 0 aliphatic carbocycles. The van der Waals surface area contributed by atoms with Crippen LogP contribution >= 0.6 is 23.2 Å². The number of ether oxygens (including phenoxy) is 2. The van der Waals surface area contributed by atoms with E-state index in [4.69, 9.17) is 38.4 Å². The predicted molar refractivity (Wildman–Crippen MR) is 90.1 cm³/mol. The van der Waals surface area contributed by atoms with Crippen LogP contribution in [0.1, 0.15) is 17.3 Å². The van der Waals surface area contributed by atoms with Gasteiger partial charge in [0.2, 0.25) is 10.0 Å². The molecule has 1 aromatic rings. The first-order chi connectivity index (χ1) is 11.6. The number of hydrogen-bond acceptors (Lipinski definition) is 6. The van der Waals surface area contributed by atoms with E-state index in [0.29, 0.717) is 0 Å². The minimum atomic E-state index is -3.95. The van der Waals surface area contributed by atoms with Crippen LogP contribution in [0.4, 0.5) is 0 Å². The van der Waals surface area contributed by atoms with Gasteiger partial charge in [0.05, 0.1) is 28.8 Å². The number of carbonyl (C=O) groups excluding carboxylic acids is 2. The van der Waals surface area contributed by atoms with Crippen molar-refractivity contribution in [2.45, 2.75) is 17.9 Å². The SMILES string of the molecule is C[C@H](OC(=O)c1cc(S(=O)(=O)N2CCOCC2)c(Cl)cc1Cl)C(N)=O. The zero-order valence-electron chi connectivity index (χ0n) is 13.2. The third kappa shape index (κ3) is 4.42. The zero-order valence-corrected chi connectivity index (χ0v) is 15.5. The fraction of sp³-hybridized carbons (Fsp3) is 0.429. The van der Waals surface area contributed by atoms with Gasteiger partial charge in [0, 0.05) is 13.1 Å². The summed E-state index contributed by atoms with van der Waals surface area (Å²) in [7, 11) is -3.95. The zero-order chi connectivity index (χ0) is 18.8. The maximum absolute atomic E-state index is 12.7. The van der Waals surface area contributed by atoms with E-state index in [1.807, 2.05) is 0 Å². The van der Waals surface area contributed by atoms with Crippen LogP contribution in [0.5, 0.6) is 0 Å². The lowest BCUT2D eigenvalue weighted by atomic mass is 10.2. The summed E-state index contributed by atoms with van der Waals surface area (Å²) in [5, 5.41) is -0.233. The molecule has 2 N–H and O–H groups in total. The fourth-order valence-corrected chi connectivity index (χ4v) is 4.32. The first-order valence-corrected chi connectivity index (χ1v) is 9.41. The average molecular weight is 411 g/mol. The highest BCUT2D eigenvalue weighted by Gasteiger charge is 2.30. The first kappa shape index (κ1) is 19.9. The van der Waals surface area contributed by atoms with Gasteiger partial charge in [-0.3, -0.25) is 4.79 Å². The summed E-state index contributed by atoms with van der Waals surface area (Å²) in [6.45, 7) is 2.14. The molecule has 8 nitrogen and oxygen atoms in total. The van der Waals surface area contributed by atoms with E-state index in [0.717, 1.165) is 12.1 Å². The third-order valence-corrected chi connectivity index (χ3v) is 6.19. The Kier molecular flexibility index (Phi) is 6.28. The molecule has 1 heterocycles. The van der Waals surface area contributed by atoms with Crippen molar-refractivity contribution in [3.05, 3.63) is 27.7 Å². The Morgan fingerprint density at radius 2 is 1.84 bits per heavy atom. The number of benzene rings is 1. The van der Waals surface area contributed by atoms with E-state index in [1.165, 1.54) is 11.2 Å². The predicted octanol–water partition coefficient (Wildman–Crippen LogP) is 1.04. The molecule has 0 spiro atoms. The maximum atomic E-state index is 12.7. The summed E-state index contributed by atoms with van der Waals surface area (Å²) in [6, 6.07) is 2.17. The summed E-state index contributed by atoms with van der Waals surface area (Å²) < 4.78 is 36.7. The molecule has 1 aliphatic heterocycles. The van der Waals surface area contributed by atoms with Crippen molar-refractivity contribution in [1.82, 2.24) is 4.31 Å². The van der Waals surface area contributed by atoms with Gasteiger partial charge in [-0.25, -0.2) is 13.2 Å². The highest BCUT2D eigenvalue weighted by Crippen LogP contribution is 2.31. The van der Waals surface area contributed by atoms with Gasteiger partial charge < -0.3 is 15.2 Å². The number of morpholine rings is 1. The summed E-state index contributed by atoms with van der Waals surface area (Å²) in [5.41, 5.74) is 4.81. The van der Waals surface area contributed by atoms with Gasteiger partial charge >= 0.3 is 5.97 Å². The summed E-state index contributed by atoms with van der Waals surface area (Å²) in [5.74, 6) is -1.83. The highest BCUT2D eigenvalue weighted by molar-refractivity contribution is 7.89. The second-order valence-corrected chi connectivity index (χ2v) is 7.95. The largest absolute Gasteiger partial charge is 0.449 e. The van der Waals surface area contributed by atoms with Crippen LogP contribution < -0.4 is 5.73 Å². The molecular formula is C14H16Cl2N2O6S. The fourth-order valence-electron chi connectivity index (χ4n) is 2.09. The van der Waals surface area contributed by atoms with Crippen molar-refractivity contribution in [2.24, 2.45) is 5.73 Å². The summed E-state index contributed by atoms with van der Waals surface area (Å²) >= 11 is 12.0. The Balaban J connectivity index is 2.40. The van der Waals surface area contributed by atoms with Crippen LogP contribution in [-0.4, -0.2) is 57.0 Å². The molecule has 25 heavy (non-hydrogen) atoms. The maximum Gasteiger partial charge on any atom is 0.340 e. The molecule has 0 aromatic heterocycles. The van der Waals surface area contributed by atoms with E-state index in [9.17, 15) is 18.0 Å². The molecule has 2 rings (SSSR count). The number of primary amides is 1. The second-order valence-electron chi connectivity index (χ2n) is 5.23. The number of carbonyl (C=O) groups is 2. The quantitative estimate of drug-likeness (QED) is 0.724. The normalized spacial score (nSPS) is 17.1. The van der Waals surface area contributed by atoms with E-state index >= 15 is 0 Å². The van der Waals surface area contributed by atoms with Gasteiger partial charge in [-0.2, -0.15) is 4.31 Å². The monoisotopic (exact) mass is 410 g/mol. The number of nitrogens with zero attached hydrogens (tertiary/aromatic N) is 1. The van der Waals surface area contributed by atoms with Crippen molar-refractivity contribution < 1.29 is 27.5 Å². The van der Waals surface area contributed by atoms with Gasteiger partial charge in [-0.1, -0.05) is 23.2 Å². The van der Waals surface area contributed by atoms with Crippen LogP contribution in [0.3, 0.4) is 0 Å². The Morgan fingerprint density at radius 1 is 1.24 bits per heavy atom. The van der Waals surface area contributed by atoms with E-state index in [1.54, 1.807) is 0 Å². The smallest absolute Gasteiger partial charge is 0.340 e. The van der Waals surface area contributed by atoms with Crippen molar-refractivity contribution >= 4 is 45.1 Å². The van der Waals surface area contributed by atoms with Crippen LogP contribution in [0.2, 0.25) is 10.0 Å². The Bertz CT molecular complexity index is 793. The van der Waals surface area contributed by atoms with Crippen molar-refractivity contribution in [1.29, 1.82) is 0 Å². The Morgan fingerprint density at radius 3 is 2.40 bits per heavy atom. The summed E-state index contributed by atoms with van der Waals surface area (Å²) in [6.07, 6.45) is -1.20. The molecule has 138 valence electrons. The molecule has 1 aliphatic rings. The molecule has 0 unspecified atom stereocenters. The molecule has 1 atom stereocenters. The number of nitrogens with two attached hydrogens (primary N) is 1. The van der Waals surface area contributed by atoms with Crippen molar-refractivity contribution in [2.75, 3.05) is 26.3 Å². The standard InChI is InChI=1S/C14H16Cl2N2O6S/c1-8(13(17)19)24-14(20)9-6-12(11(16)7-10(9)15)25(21,22)18-2-4-23-5-3-18/h6-8H,2-5H2,1H3,(H2,17,19)/t8-/m0/s1. The lowest BCUT2D eigenvalue weighted by molar-refractivity contribution is -0.125. The number of amides is 1. The topological polar surface area (TPSA) is 116 Å².